The Balaban J connectivity index is 0.00000200. The normalized spacial score (nSPS) is 17.2. The lowest BCUT2D eigenvalue weighted by atomic mass is 10.1. The Kier molecular flexibility index (Phi) is 5.98. The number of carbonyl (C=O) groups excluding carboxylic acids is 2. The van der Waals surface area contributed by atoms with Crippen LogP contribution in [0.4, 0.5) is 11.4 Å². The fourth-order valence-corrected chi connectivity index (χ4v) is 2.22. The van der Waals surface area contributed by atoms with Crippen LogP contribution in [0.15, 0.2) is 18.2 Å². The molecule has 1 fully saturated rings. The topological polar surface area (TPSA) is 70.2 Å². The van der Waals surface area contributed by atoms with E-state index in [9.17, 15) is 9.59 Å². The molecule has 110 valence electrons. The van der Waals surface area contributed by atoms with E-state index in [0.29, 0.717) is 0 Å². The van der Waals surface area contributed by atoms with Crippen LogP contribution in [0, 0.1) is 6.92 Å². The summed E-state index contributed by atoms with van der Waals surface area (Å²) < 4.78 is 0. The highest BCUT2D eigenvalue weighted by molar-refractivity contribution is 5.97. The zero-order chi connectivity index (χ0) is 13.8. The molecule has 3 N–H and O–H groups in total. The molecule has 0 bridgehead atoms. The van der Waals surface area contributed by atoms with E-state index in [4.69, 9.17) is 0 Å². The SMILES string of the molecule is CC(=O)Nc1cccc(NC(=O)C2CCCN2)c1C.Cl. The van der Waals surface area contributed by atoms with E-state index in [0.717, 1.165) is 36.3 Å². The molecular formula is C14H20ClN3O2. The molecule has 2 amide bonds. The first-order valence-electron chi connectivity index (χ1n) is 6.49. The molecule has 1 aromatic rings. The van der Waals surface area contributed by atoms with Crippen molar-refractivity contribution in [2.75, 3.05) is 17.2 Å². The molecule has 1 heterocycles. The highest BCUT2D eigenvalue weighted by Crippen LogP contribution is 2.23. The average molecular weight is 298 g/mol. The van der Waals surface area contributed by atoms with E-state index in [2.05, 4.69) is 16.0 Å². The maximum atomic E-state index is 12.0. The van der Waals surface area contributed by atoms with Crippen LogP contribution in [0.2, 0.25) is 0 Å². The van der Waals surface area contributed by atoms with Gasteiger partial charge < -0.3 is 16.0 Å². The number of hydrogen-bond donors (Lipinski definition) is 3. The third-order valence-electron chi connectivity index (χ3n) is 3.28. The number of benzene rings is 1. The van der Waals surface area contributed by atoms with E-state index in [-0.39, 0.29) is 30.3 Å². The van der Waals surface area contributed by atoms with E-state index in [1.165, 1.54) is 6.92 Å². The molecule has 1 aromatic carbocycles. The first kappa shape index (κ1) is 16.5. The van der Waals surface area contributed by atoms with Crippen LogP contribution in [0.25, 0.3) is 0 Å². The number of nitrogens with one attached hydrogen (secondary N) is 3. The van der Waals surface area contributed by atoms with Crippen LogP contribution in [-0.2, 0) is 9.59 Å². The first-order valence-corrected chi connectivity index (χ1v) is 6.49. The highest BCUT2D eigenvalue weighted by atomic mass is 35.5. The van der Waals surface area contributed by atoms with Gasteiger partial charge in [-0.25, -0.2) is 0 Å². The number of halogens is 1. The third kappa shape index (κ3) is 3.95. The van der Waals surface area contributed by atoms with Gasteiger partial charge in [0, 0.05) is 18.3 Å². The lowest BCUT2D eigenvalue weighted by Crippen LogP contribution is -2.35. The maximum Gasteiger partial charge on any atom is 0.241 e. The molecule has 0 aliphatic carbocycles. The summed E-state index contributed by atoms with van der Waals surface area (Å²) >= 11 is 0. The smallest absolute Gasteiger partial charge is 0.241 e. The van der Waals surface area contributed by atoms with Gasteiger partial charge in [-0.1, -0.05) is 6.07 Å². The Morgan fingerprint density at radius 1 is 1.25 bits per heavy atom. The van der Waals surface area contributed by atoms with Gasteiger partial charge in [0.05, 0.1) is 6.04 Å². The molecule has 1 aliphatic rings. The second-order valence-corrected chi connectivity index (χ2v) is 4.80. The number of anilines is 2. The Labute approximate surface area is 124 Å². The molecule has 2 rings (SSSR count). The Morgan fingerprint density at radius 2 is 1.90 bits per heavy atom. The number of amides is 2. The van der Waals surface area contributed by atoms with Crippen molar-refractivity contribution in [2.45, 2.75) is 32.7 Å². The molecule has 0 saturated carbocycles. The summed E-state index contributed by atoms with van der Waals surface area (Å²) in [4.78, 5) is 23.1. The monoisotopic (exact) mass is 297 g/mol. The van der Waals surface area contributed by atoms with Gasteiger partial charge in [0.1, 0.15) is 0 Å². The third-order valence-corrected chi connectivity index (χ3v) is 3.28. The van der Waals surface area contributed by atoms with Gasteiger partial charge in [-0.15, -0.1) is 12.4 Å². The summed E-state index contributed by atoms with van der Waals surface area (Å²) in [7, 11) is 0. The van der Waals surface area contributed by atoms with Crippen molar-refractivity contribution in [3.8, 4) is 0 Å². The highest BCUT2D eigenvalue weighted by Gasteiger charge is 2.22. The van der Waals surface area contributed by atoms with Gasteiger partial charge in [-0.3, -0.25) is 9.59 Å². The molecule has 1 unspecified atom stereocenters. The van der Waals surface area contributed by atoms with Gasteiger partial charge in [0.15, 0.2) is 0 Å². The number of carbonyl (C=O) groups is 2. The van der Waals surface area contributed by atoms with Gasteiger partial charge >= 0.3 is 0 Å². The minimum absolute atomic E-state index is 0. The van der Waals surface area contributed by atoms with Crippen molar-refractivity contribution < 1.29 is 9.59 Å². The summed E-state index contributed by atoms with van der Waals surface area (Å²) in [5, 5.41) is 8.82. The number of hydrogen-bond acceptors (Lipinski definition) is 3. The summed E-state index contributed by atoms with van der Waals surface area (Å²) in [5.41, 5.74) is 2.33. The molecule has 0 aromatic heterocycles. The minimum atomic E-state index is -0.121. The van der Waals surface area contributed by atoms with Gasteiger partial charge in [-0.2, -0.15) is 0 Å². The Hall–Kier alpha value is -1.59. The molecule has 1 saturated heterocycles. The second-order valence-electron chi connectivity index (χ2n) is 4.80. The Bertz CT molecular complexity index is 499. The van der Waals surface area contributed by atoms with E-state index < -0.39 is 0 Å². The zero-order valence-electron chi connectivity index (χ0n) is 11.7. The molecule has 20 heavy (non-hydrogen) atoms. The Morgan fingerprint density at radius 3 is 2.45 bits per heavy atom. The molecule has 0 radical (unpaired) electrons. The van der Waals surface area contributed by atoms with Crippen molar-refractivity contribution in [1.82, 2.24) is 5.32 Å². The largest absolute Gasteiger partial charge is 0.326 e. The first-order chi connectivity index (χ1) is 9.08. The van der Waals surface area contributed by atoms with Gasteiger partial charge in [-0.05, 0) is 44.0 Å². The van der Waals surface area contributed by atoms with Crippen molar-refractivity contribution in [3.05, 3.63) is 23.8 Å². The average Bonchev–Trinajstić information content (AvgIpc) is 2.87. The zero-order valence-corrected chi connectivity index (χ0v) is 12.5. The maximum absolute atomic E-state index is 12.0. The quantitative estimate of drug-likeness (QED) is 0.800. The van der Waals surface area contributed by atoms with Crippen LogP contribution in [0.1, 0.15) is 25.3 Å². The van der Waals surface area contributed by atoms with Crippen LogP contribution in [0.5, 0.6) is 0 Å². The molecular weight excluding hydrogens is 278 g/mol. The predicted octanol–water partition coefficient (Wildman–Crippen LogP) is 2.07. The van der Waals surface area contributed by atoms with Crippen LogP contribution < -0.4 is 16.0 Å². The second kappa shape index (κ2) is 7.26. The lowest BCUT2D eigenvalue weighted by Gasteiger charge is -2.15. The molecule has 1 atom stereocenters. The number of rotatable bonds is 3. The lowest BCUT2D eigenvalue weighted by molar-refractivity contribution is -0.117. The summed E-state index contributed by atoms with van der Waals surface area (Å²) in [6.45, 7) is 4.24. The molecule has 6 heteroatoms. The fraction of sp³-hybridized carbons (Fsp3) is 0.429. The van der Waals surface area contributed by atoms with Crippen LogP contribution in [-0.4, -0.2) is 24.4 Å². The van der Waals surface area contributed by atoms with Crippen LogP contribution >= 0.6 is 12.4 Å². The van der Waals surface area contributed by atoms with E-state index in [1.54, 1.807) is 0 Å². The van der Waals surface area contributed by atoms with E-state index >= 15 is 0 Å². The molecule has 1 aliphatic heterocycles. The van der Waals surface area contributed by atoms with Gasteiger partial charge in [0.25, 0.3) is 0 Å². The molecule has 5 nitrogen and oxygen atoms in total. The van der Waals surface area contributed by atoms with Crippen LogP contribution in [0.3, 0.4) is 0 Å². The van der Waals surface area contributed by atoms with E-state index in [1.807, 2.05) is 25.1 Å². The van der Waals surface area contributed by atoms with Crippen molar-refractivity contribution in [2.24, 2.45) is 0 Å². The predicted molar refractivity (Wildman–Crippen MR) is 82.4 cm³/mol. The summed E-state index contributed by atoms with van der Waals surface area (Å²) in [6, 6.07) is 5.37. The standard InChI is InChI=1S/C14H19N3O2.ClH/c1-9-11(16-10(2)18)5-3-6-12(9)17-14(19)13-7-4-8-15-13;/h3,5-6,13,15H,4,7-8H2,1-2H3,(H,16,18)(H,17,19);1H. The van der Waals surface area contributed by atoms with Crippen molar-refractivity contribution >= 4 is 35.6 Å². The van der Waals surface area contributed by atoms with Gasteiger partial charge in [0.2, 0.25) is 11.8 Å². The molecule has 0 spiro atoms. The van der Waals surface area contributed by atoms with Crippen molar-refractivity contribution in [3.63, 3.8) is 0 Å². The summed E-state index contributed by atoms with van der Waals surface area (Å²) in [5.74, 6) is -0.135. The fourth-order valence-electron chi connectivity index (χ4n) is 2.22. The van der Waals surface area contributed by atoms with Crippen molar-refractivity contribution in [1.29, 1.82) is 0 Å². The minimum Gasteiger partial charge on any atom is -0.326 e. The summed E-state index contributed by atoms with van der Waals surface area (Å²) in [6.07, 6.45) is 1.90.